The van der Waals surface area contributed by atoms with Crippen molar-refractivity contribution in [2.45, 2.75) is 59.5 Å². The van der Waals surface area contributed by atoms with Gasteiger partial charge in [0.05, 0.1) is 6.61 Å². The van der Waals surface area contributed by atoms with Crippen LogP contribution >= 0.6 is 0 Å². The van der Waals surface area contributed by atoms with Gasteiger partial charge in [-0.15, -0.1) is 0 Å². The molecule has 0 aromatic carbocycles. The first-order valence-corrected chi connectivity index (χ1v) is 7.50. The highest BCUT2D eigenvalue weighted by molar-refractivity contribution is 5.78. The molecular formula is C17H32N2O2. The van der Waals surface area contributed by atoms with Gasteiger partial charge >= 0.3 is 0 Å². The number of allylic oxidation sites excluding steroid dienone is 2. The zero-order chi connectivity index (χ0) is 16.7. The van der Waals surface area contributed by atoms with Crippen molar-refractivity contribution in [1.29, 1.82) is 0 Å². The van der Waals surface area contributed by atoms with Crippen LogP contribution in [0, 0.1) is 5.92 Å². The van der Waals surface area contributed by atoms with E-state index >= 15 is 0 Å². The van der Waals surface area contributed by atoms with Gasteiger partial charge in [-0.05, 0) is 40.5 Å². The van der Waals surface area contributed by atoms with Gasteiger partial charge in [0.15, 0.2) is 0 Å². The van der Waals surface area contributed by atoms with E-state index in [4.69, 9.17) is 4.84 Å². The fourth-order valence-electron chi connectivity index (χ4n) is 1.43. The van der Waals surface area contributed by atoms with Crippen LogP contribution in [0.2, 0.25) is 0 Å². The van der Waals surface area contributed by atoms with E-state index in [0.29, 0.717) is 12.5 Å². The van der Waals surface area contributed by atoms with E-state index < -0.39 is 0 Å². The fourth-order valence-corrected chi connectivity index (χ4v) is 1.43. The molecule has 0 fully saturated rings. The zero-order valence-corrected chi connectivity index (χ0v) is 14.7. The van der Waals surface area contributed by atoms with Crippen molar-refractivity contribution in [3.63, 3.8) is 0 Å². The van der Waals surface area contributed by atoms with Crippen LogP contribution < -0.4 is 5.32 Å². The predicted molar refractivity (Wildman–Crippen MR) is 88.8 cm³/mol. The van der Waals surface area contributed by atoms with Crippen molar-refractivity contribution in [2.24, 2.45) is 5.92 Å². The largest absolute Gasteiger partial charge is 0.350 e. The van der Waals surface area contributed by atoms with E-state index in [9.17, 15) is 4.79 Å². The molecule has 0 aromatic heterocycles. The molecule has 0 aliphatic carbocycles. The highest BCUT2D eigenvalue weighted by Crippen LogP contribution is 2.17. The first-order chi connectivity index (χ1) is 9.50. The van der Waals surface area contributed by atoms with E-state index in [1.807, 2.05) is 46.8 Å². The van der Waals surface area contributed by atoms with Gasteiger partial charge < -0.3 is 5.32 Å². The molecule has 4 heteroatoms. The van der Waals surface area contributed by atoms with E-state index in [2.05, 4.69) is 25.7 Å². The van der Waals surface area contributed by atoms with Crippen LogP contribution in [-0.4, -0.2) is 35.2 Å². The Morgan fingerprint density at radius 2 is 1.86 bits per heavy atom. The Bertz CT molecular complexity index is 365. The molecule has 1 amide bonds. The summed E-state index contributed by atoms with van der Waals surface area (Å²) in [6.07, 6.45) is 5.38. The van der Waals surface area contributed by atoms with Crippen molar-refractivity contribution in [3.8, 4) is 0 Å². The third-order valence-corrected chi connectivity index (χ3v) is 3.54. The molecule has 0 atom stereocenters. The fraction of sp³-hybridized carbons (Fsp3) is 0.706. The Morgan fingerprint density at radius 1 is 1.29 bits per heavy atom. The number of carbonyl (C=O) groups is 1. The van der Waals surface area contributed by atoms with Gasteiger partial charge in [-0.2, -0.15) is 5.06 Å². The average Bonchev–Trinajstić information content (AvgIpc) is 2.30. The first-order valence-electron chi connectivity index (χ1n) is 7.50. The van der Waals surface area contributed by atoms with Crippen LogP contribution in [0.4, 0.5) is 0 Å². The average molecular weight is 296 g/mol. The minimum Gasteiger partial charge on any atom is -0.350 e. The number of hydroxylamine groups is 2. The molecule has 0 radical (unpaired) electrons. The third-order valence-electron chi connectivity index (χ3n) is 3.54. The number of nitrogens with zero attached hydrogens (tertiary/aromatic N) is 1. The molecule has 122 valence electrons. The number of carbonyl (C=O) groups excluding carboxylic acids is 1. The maximum absolute atomic E-state index is 12.2. The summed E-state index contributed by atoms with van der Waals surface area (Å²) in [5, 5.41) is 4.78. The van der Waals surface area contributed by atoms with E-state index in [0.717, 1.165) is 0 Å². The van der Waals surface area contributed by atoms with Crippen molar-refractivity contribution < 1.29 is 9.63 Å². The highest BCUT2D eigenvalue weighted by Gasteiger charge is 2.28. The predicted octanol–water partition coefficient (Wildman–Crippen LogP) is 3.31. The molecule has 1 N–H and O–H groups in total. The molecule has 0 aliphatic rings. The topological polar surface area (TPSA) is 41.6 Å². The first kappa shape index (κ1) is 19.9. The van der Waals surface area contributed by atoms with Gasteiger partial charge in [0, 0.05) is 11.1 Å². The molecule has 0 heterocycles. The monoisotopic (exact) mass is 296 g/mol. The molecule has 4 nitrogen and oxygen atoms in total. The second kappa shape index (κ2) is 8.35. The normalized spacial score (nSPS) is 13.2. The van der Waals surface area contributed by atoms with Gasteiger partial charge in [0.1, 0.15) is 6.54 Å². The molecule has 0 aliphatic heterocycles. The highest BCUT2D eigenvalue weighted by atomic mass is 16.7. The Morgan fingerprint density at radius 3 is 2.29 bits per heavy atom. The number of nitrogens with one attached hydrogen (secondary N) is 1. The smallest absolute Gasteiger partial charge is 0.237 e. The maximum atomic E-state index is 12.2. The van der Waals surface area contributed by atoms with Crippen LogP contribution in [0.15, 0.2) is 24.8 Å². The SMILES string of the molecule is C=CC=CCON(CC(=O)NC(C)(C)C(C)C)C(C)(C)C. The van der Waals surface area contributed by atoms with E-state index in [-0.39, 0.29) is 23.5 Å². The van der Waals surface area contributed by atoms with Crippen molar-refractivity contribution in [2.75, 3.05) is 13.2 Å². The third kappa shape index (κ3) is 8.02. The minimum absolute atomic E-state index is 0.0312. The van der Waals surface area contributed by atoms with Crippen molar-refractivity contribution in [3.05, 3.63) is 24.8 Å². The second-order valence-electron chi connectivity index (χ2n) is 7.09. The van der Waals surface area contributed by atoms with E-state index in [1.165, 1.54) is 0 Å². The zero-order valence-electron chi connectivity index (χ0n) is 14.7. The molecule has 0 saturated heterocycles. The summed E-state index contributed by atoms with van der Waals surface area (Å²) in [7, 11) is 0. The Hall–Kier alpha value is -1.13. The quantitative estimate of drug-likeness (QED) is 0.552. The molecule has 0 spiro atoms. The lowest BCUT2D eigenvalue weighted by atomic mass is 9.91. The Kier molecular flexibility index (Phi) is 7.90. The van der Waals surface area contributed by atoms with Crippen LogP contribution in [0.5, 0.6) is 0 Å². The number of amides is 1. The maximum Gasteiger partial charge on any atom is 0.237 e. The Labute approximate surface area is 130 Å². The van der Waals surface area contributed by atoms with Gasteiger partial charge in [-0.25, -0.2) is 0 Å². The number of hydrogen-bond acceptors (Lipinski definition) is 3. The van der Waals surface area contributed by atoms with Crippen molar-refractivity contribution in [1.82, 2.24) is 10.4 Å². The second-order valence-corrected chi connectivity index (χ2v) is 7.09. The summed E-state index contributed by atoms with van der Waals surface area (Å²) in [6.45, 7) is 18.6. The molecular weight excluding hydrogens is 264 g/mol. The molecule has 0 bridgehead atoms. The van der Waals surface area contributed by atoms with Crippen LogP contribution in [0.25, 0.3) is 0 Å². The summed E-state index contributed by atoms with van der Waals surface area (Å²) in [5.74, 6) is 0.331. The number of rotatable bonds is 8. The van der Waals surface area contributed by atoms with E-state index in [1.54, 1.807) is 11.1 Å². The summed E-state index contributed by atoms with van der Waals surface area (Å²) in [5.41, 5.74) is -0.481. The van der Waals surface area contributed by atoms with Crippen LogP contribution in [0.3, 0.4) is 0 Å². The lowest BCUT2D eigenvalue weighted by Gasteiger charge is -2.36. The van der Waals surface area contributed by atoms with Crippen LogP contribution in [-0.2, 0) is 9.63 Å². The van der Waals surface area contributed by atoms with Gasteiger partial charge in [-0.3, -0.25) is 9.63 Å². The molecule has 0 saturated carbocycles. The summed E-state index contributed by atoms with van der Waals surface area (Å²) in [6, 6.07) is 0. The molecule has 0 rings (SSSR count). The van der Waals surface area contributed by atoms with Gasteiger partial charge in [0.25, 0.3) is 0 Å². The standard InChI is InChI=1S/C17H32N2O2/c1-9-10-11-12-21-19(16(4,5)6)13-15(20)18-17(7,8)14(2)3/h9-11,14H,1,12-13H2,2-8H3,(H,18,20). The molecule has 0 unspecified atom stereocenters. The number of hydrogen-bond donors (Lipinski definition) is 1. The molecule has 21 heavy (non-hydrogen) atoms. The summed E-state index contributed by atoms with van der Waals surface area (Å²) < 4.78 is 0. The summed E-state index contributed by atoms with van der Waals surface area (Å²) in [4.78, 5) is 17.9. The van der Waals surface area contributed by atoms with Gasteiger partial charge in [-0.1, -0.05) is 38.7 Å². The lowest BCUT2D eigenvalue weighted by molar-refractivity contribution is -0.202. The van der Waals surface area contributed by atoms with Gasteiger partial charge in [0.2, 0.25) is 5.91 Å². The molecule has 0 aromatic rings. The van der Waals surface area contributed by atoms with Crippen LogP contribution in [0.1, 0.15) is 48.5 Å². The summed E-state index contributed by atoms with van der Waals surface area (Å²) >= 11 is 0. The minimum atomic E-state index is -0.249. The Balaban J connectivity index is 4.64. The lowest BCUT2D eigenvalue weighted by Crippen LogP contribution is -2.53. The van der Waals surface area contributed by atoms with Crippen molar-refractivity contribution >= 4 is 5.91 Å².